The van der Waals surface area contributed by atoms with Gasteiger partial charge in [-0.1, -0.05) is 24.3 Å². The molecule has 0 spiro atoms. The Kier molecular flexibility index (Phi) is 5.93. The van der Waals surface area contributed by atoms with Crippen LogP contribution in [0.4, 0.5) is 21.0 Å². The van der Waals surface area contributed by atoms with E-state index in [1.807, 2.05) is 26.2 Å². The highest BCUT2D eigenvalue weighted by Crippen LogP contribution is 2.21. The summed E-state index contributed by atoms with van der Waals surface area (Å²) in [4.78, 5) is 27.4. The Morgan fingerprint density at radius 1 is 1.15 bits per heavy atom. The maximum Gasteiger partial charge on any atom is 0.414 e. The minimum atomic E-state index is -0.343. The maximum absolute atomic E-state index is 12.1. The number of carbonyl (C=O) groups excluding carboxylic acids is 2. The molecule has 2 N–H and O–H groups in total. The molecule has 1 aliphatic heterocycles. The summed E-state index contributed by atoms with van der Waals surface area (Å²) in [5, 5.41) is 5.65. The third-order valence-electron chi connectivity index (χ3n) is 4.14. The summed E-state index contributed by atoms with van der Waals surface area (Å²) < 4.78 is 4.92. The molecule has 0 aliphatic carbocycles. The van der Waals surface area contributed by atoms with Gasteiger partial charge in [0.25, 0.3) is 0 Å². The van der Waals surface area contributed by atoms with E-state index in [0.29, 0.717) is 25.4 Å². The molecule has 2 aromatic rings. The number of ether oxygens (including phenoxy) is 1. The predicted octanol–water partition coefficient (Wildman–Crippen LogP) is 3.03. The fraction of sp³-hybridized carbons (Fsp3) is 0.300. The number of anilines is 2. The lowest BCUT2D eigenvalue weighted by molar-refractivity contribution is 0.181. The standard InChI is InChI=1S/C20H24N4O3/c1-23(2)14-16-5-3-4-15(12-16)13-21-19(25)22-17-6-8-18(9-7-17)24-10-11-27-20(24)26/h3-9,12H,10-11,13-14H2,1-2H3,(H2,21,22,25). The van der Waals surface area contributed by atoms with Crippen molar-refractivity contribution in [2.45, 2.75) is 13.1 Å². The first kappa shape index (κ1) is 18.7. The van der Waals surface area contributed by atoms with Gasteiger partial charge in [-0.2, -0.15) is 0 Å². The van der Waals surface area contributed by atoms with Crippen molar-refractivity contribution in [2.75, 3.05) is 37.5 Å². The SMILES string of the molecule is CN(C)Cc1cccc(CNC(=O)Nc2ccc(N3CCOC3=O)cc2)c1. The fourth-order valence-electron chi connectivity index (χ4n) is 2.91. The number of nitrogens with one attached hydrogen (secondary N) is 2. The van der Waals surface area contributed by atoms with E-state index >= 15 is 0 Å². The van der Waals surface area contributed by atoms with Gasteiger partial charge in [-0.15, -0.1) is 0 Å². The third kappa shape index (κ3) is 5.21. The molecule has 142 valence electrons. The summed E-state index contributed by atoms with van der Waals surface area (Å²) in [5.41, 5.74) is 3.66. The van der Waals surface area contributed by atoms with Crippen molar-refractivity contribution in [3.05, 3.63) is 59.7 Å². The molecular formula is C20H24N4O3. The lowest BCUT2D eigenvalue weighted by Gasteiger charge is -2.14. The average molecular weight is 368 g/mol. The van der Waals surface area contributed by atoms with Crippen molar-refractivity contribution in [1.29, 1.82) is 0 Å². The minimum absolute atomic E-state index is 0.277. The molecule has 0 saturated carbocycles. The second-order valence-electron chi connectivity index (χ2n) is 6.68. The molecule has 7 heteroatoms. The molecule has 1 saturated heterocycles. The van der Waals surface area contributed by atoms with Crippen LogP contribution in [0.3, 0.4) is 0 Å². The Morgan fingerprint density at radius 3 is 2.56 bits per heavy atom. The number of hydrogen-bond donors (Lipinski definition) is 2. The molecule has 0 atom stereocenters. The van der Waals surface area contributed by atoms with Crippen molar-refractivity contribution in [1.82, 2.24) is 10.2 Å². The van der Waals surface area contributed by atoms with Gasteiger partial charge in [-0.05, 0) is 49.5 Å². The highest BCUT2D eigenvalue weighted by molar-refractivity contribution is 5.91. The van der Waals surface area contributed by atoms with E-state index in [4.69, 9.17) is 4.74 Å². The zero-order valence-corrected chi connectivity index (χ0v) is 15.6. The van der Waals surface area contributed by atoms with Gasteiger partial charge in [0.15, 0.2) is 0 Å². The minimum Gasteiger partial charge on any atom is -0.447 e. The number of benzene rings is 2. The van der Waals surface area contributed by atoms with Crippen LogP contribution in [-0.2, 0) is 17.8 Å². The highest BCUT2D eigenvalue weighted by atomic mass is 16.6. The first-order valence-corrected chi connectivity index (χ1v) is 8.83. The molecule has 27 heavy (non-hydrogen) atoms. The topological polar surface area (TPSA) is 73.9 Å². The van der Waals surface area contributed by atoms with Gasteiger partial charge in [-0.25, -0.2) is 9.59 Å². The summed E-state index contributed by atoms with van der Waals surface area (Å²) in [6, 6.07) is 15.0. The molecule has 1 heterocycles. The summed E-state index contributed by atoms with van der Waals surface area (Å²) in [6.07, 6.45) is -0.343. The van der Waals surface area contributed by atoms with Crippen molar-refractivity contribution in [3.63, 3.8) is 0 Å². The molecule has 0 aromatic heterocycles. The first-order chi connectivity index (χ1) is 13.0. The largest absolute Gasteiger partial charge is 0.447 e. The van der Waals surface area contributed by atoms with E-state index in [1.54, 1.807) is 29.2 Å². The van der Waals surface area contributed by atoms with Crippen molar-refractivity contribution < 1.29 is 14.3 Å². The van der Waals surface area contributed by atoms with Crippen LogP contribution in [-0.4, -0.2) is 44.3 Å². The van der Waals surface area contributed by atoms with E-state index in [1.165, 1.54) is 5.56 Å². The van der Waals surface area contributed by atoms with Crippen molar-refractivity contribution in [3.8, 4) is 0 Å². The Morgan fingerprint density at radius 2 is 1.89 bits per heavy atom. The molecule has 3 rings (SSSR count). The van der Waals surface area contributed by atoms with Crippen molar-refractivity contribution >= 4 is 23.5 Å². The Hall–Kier alpha value is -3.06. The zero-order chi connectivity index (χ0) is 19.2. The predicted molar refractivity (Wildman–Crippen MR) is 105 cm³/mol. The van der Waals surface area contributed by atoms with Crippen LogP contribution >= 0.6 is 0 Å². The zero-order valence-electron chi connectivity index (χ0n) is 15.6. The van der Waals surface area contributed by atoms with Crippen LogP contribution < -0.4 is 15.5 Å². The van der Waals surface area contributed by atoms with Gasteiger partial charge in [0.1, 0.15) is 6.61 Å². The second-order valence-corrected chi connectivity index (χ2v) is 6.68. The Balaban J connectivity index is 1.51. The van der Waals surface area contributed by atoms with Gasteiger partial charge >= 0.3 is 12.1 Å². The summed E-state index contributed by atoms with van der Waals surface area (Å²) in [7, 11) is 4.05. The second kappa shape index (κ2) is 8.55. The highest BCUT2D eigenvalue weighted by Gasteiger charge is 2.23. The molecule has 3 amide bonds. The van der Waals surface area contributed by atoms with E-state index < -0.39 is 0 Å². The van der Waals surface area contributed by atoms with Crippen LogP contribution in [0.25, 0.3) is 0 Å². The molecule has 7 nitrogen and oxygen atoms in total. The molecular weight excluding hydrogens is 344 g/mol. The van der Waals surface area contributed by atoms with Crippen LogP contribution in [0.2, 0.25) is 0 Å². The number of cyclic esters (lactones) is 1. The van der Waals surface area contributed by atoms with Crippen LogP contribution in [0.1, 0.15) is 11.1 Å². The number of amides is 3. The third-order valence-corrected chi connectivity index (χ3v) is 4.14. The Labute approximate surface area is 158 Å². The van der Waals surface area contributed by atoms with Crippen LogP contribution in [0.5, 0.6) is 0 Å². The molecule has 0 bridgehead atoms. The summed E-state index contributed by atoms with van der Waals surface area (Å²) >= 11 is 0. The monoisotopic (exact) mass is 368 g/mol. The number of rotatable bonds is 6. The van der Waals surface area contributed by atoms with E-state index in [2.05, 4.69) is 27.7 Å². The Bertz CT molecular complexity index is 805. The normalized spacial score (nSPS) is 13.6. The summed E-state index contributed by atoms with van der Waals surface area (Å²) in [6.45, 7) is 2.25. The smallest absolute Gasteiger partial charge is 0.414 e. The molecule has 1 aliphatic rings. The quantitative estimate of drug-likeness (QED) is 0.822. The van der Waals surface area contributed by atoms with Gasteiger partial charge in [0, 0.05) is 24.5 Å². The van der Waals surface area contributed by atoms with Gasteiger partial charge < -0.3 is 20.3 Å². The van der Waals surface area contributed by atoms with E-state index in [0.717, 1.165) is 17.8 Å². The first-order valence-electron chi connectivity index (χ1n) is 8.83. The molecule has 1 fully saturated rings. The number of hydrogen-bond acceptors (Lipinski definition) is 4. The van der Waals surface area contributed by atoms with E-state index in [-0.39, 0.29) is 12.1 Å². The van der Waals surface area contributed by atoms with Crippen molar-refractivity contribution in [2.24, 2.45) is 0 Å². The van der Waals surface area contributed by atoms with Gasteiger partial charge in [0.05, 0.1) is 6.54 Å². The number of carbonyl (C=O) groups is 2. The molecule has 0 radical (unpaired) electrons. The summed E-state index contributed by atoms with van der Waals surface area (Å²) in [5.74, 6) is 0. The van der Waals surface area contributed by atoms with E-state index in [9.17, 15) is 9.59 Å². The van der Waals surface area contributed by atoms with Gasteiger partial charge in [-0.3, -0.25) is 4.90 Å². The lowest BCUT2D eigenvalue weighted by atomic mass is 10.1. The number of nitrogens with zero attached hydrogens (tertiary/aromatic N) is 2. The fourth-order valence-corrected chi connectivity index (χ4v) is 2.91. The van der Waals surface area contributed by atoms with Crippen LogP contribution in [0.15, 0.2) is 48.5 Å². The maximum atomic E-state index is 12.1. The lowest BCUT2D eigenvalue weighted by Crippen LogP contribution is -2.28. The van der Waals surface area contributed by atoms with Gasteiger partial charge in [0.2, 0.25) is 0 Å². The molecule has 0 unspecified atom stereocenters. The van der Waals surface area contributed by atoms with Crippen LogP contribution in [0, 0.1) is 0 Å². The average Bonchev–Trinajstić information content (AvgIpc) is 3.06. The molecule has 2 aromatic carbocycles. The number of urea groups is 1.